The minimum Gasteiger partial charge on any atom is -0.466 e. The topological polar surface area (TPSA) is 26.3 Å². The Morgan fingerprint density at radius 1 is 1.36 bits per heavy atom. The van der Waals surface area contributed by atoms with Crippen LogP contribution in [-0.4, -0.2) is 13.1 Å². The van der Waals surface area contributed by atoms with Gasteiger partial charge in [0.25, 0.3) is 0 Å². The molecular weight excluding hydrogens is 183 g/mol. The van der Waals surface area contributed by atoms with Crippen LogP contribution in [0.4, 0.5) is 4.39 Å². The van der Waals surface area contributed by atoms with Gasteiger partial charge >= 0.3 is 5.97 Å². The first-order valence-corrected chi connectivity index (χ1v) is 4.15. The second kappa shape index (κ2) is 4.56. The van der Waals surface area contributed by atoms with Crippen LogP contribution < -0.4 is 0 Å². The molecule has 0 saturated carbocycles. The highest BCUT2D eigenvalue weighted by atomic mass is 19.1. The number of carbonyl (C=O) groups excluding carboxylic acids is 1. The largest absolute Gasteiger partial charge is 0.466 e. The quantitative estimate of drug-likeness (QED) is 0.533. The molecule has 0 unspecified atom stereocenters. The Kier molecular flexibility index (Phi) is 3.40. The third kappa shape index (κ3) is 2.69. The molecule has 74 valence electrons. The molecule has 1 rings (SSSR count). The Labute approximate surface area is 82.0 Å². The lowest BCUT2D eigenvalue weighted by Gasteiger charge is -2.00. The van der Waals surface area contributed by atoms with Crippen LogP contribution in [0, 0.1) is 5.82 Å². The van der Waals surface area contributed by atoms with Gasteiger partial charge in [0.05, 0.1) is 7.11 Å². The molecule has 14 heavy (non-hydrogen) atoms. The number of halogens is 1. The van der Waals surface area contributed by atoms with Crippen molar-refractivity contribution in [2.24, 2.45) is 0 Å². The number of allylic oxidation sites excluding steroid dienone is 1. The molecule has 0 radical (unpaired) electrons. The van der Waals surface area contributed by atoms with Gasteiger partial charge in [-0.15, -0.1) is 0 Å². The fourth-order valence-electron chi connectivity index (χ4n) is 1.03. The van der Waals surface area contributed by atoms with Crippen LogP contribution in [0.2, 0.25) is 0 Å². The van der Waals surface area contributed by atoms with Crippen molar-refractivity contribution in [3.05, 3.63) is 41.7 Å². The van der Waals surface area contributed by atoms with Crippen LogP contribution in [0.25, 0.3) is 5.57 Å². The lowest BCUT2D eigenvalue weighted by molar-refractivity contribution is -0.134. The van der Waals surface area contributed by atoms with Gasteiger partial charge in [0, 0.05) is 6.08 Å². The van der Waals surface area contributed by atoms with E-state index in [1.165, 1.54) is 25.3 Å². The number of rotatable bonds is 2. The van der Waals surface area contributed by atoms with E-state index in [0.717, 1.165) is 11.1 Å². The molecule has 0 saturated heterocycles. The van der Waals surface area contributed by atoms with E-state index < -0.39 is 5.97 Å². The van der Waals surface area contributed by atoms with Crippen molar-refractivity contribution in [1.29, 1.82) is 0 Å². The molecule has 0 amide bonds. The molecule has 1 aromatic carbocycles. The number of hydrogen-bond acceptors (Lipinski definition) is 2. The highest BCUT2D eigenvalue weighted by Crippen LogP contribution is 2.13. The van der Waals surface area contributed by atoms with Gasteiger partial charge in [-0.05, 0) is 30.2 Å². The Morgan fingerprint density at radius 3 is 2.43 bits per heavy atom. The Morgan fingerprint density at radius 2 is 1.93 bits per heavy atom. The molecule has 0 atom stereocenters. The average Bonchev–Trinajstić information content (AvgIpc) is 2.18. The average molecular weight is 194 g/mol. The molecule has 0 aliphatic rings. The fraction of sp³-hybridized carbons (Fsp3) is 0.182. The van der Waals surface area contributed by atoms with Gasteiger partial charge in [0.2, 0.25) is 0 Å². The van der Waals surface area contributed by atoms with Gasteiger partial charge in [0.15, 0.2) is 0 Å². The van der Waals surface area contributed by atoms with Crippen molar-refractivity contribution < 1.29 is 13.9 Å². The number of benzene rings is 1. The third-order valence-corrected chi connectivity index (χ3v) is 1.84. The first kappa shape index (κ1) is 10.4. The summed E-state index contributed by atoms with van der Waals surface area (Å²) in [5.41, 5.74) is 1.55. The van der Waals surface area contributed by atoms with Crippen LogP contribution in [0.5, 0.6) is 0 Å². The molecule has 0 fully saturated rings. The fourth-order valence-corrected chi connectivity index (χ4v) is 1.03. The lowest BCUT2D eigenvalue weighted by Crippen LogP contribution is -1.95. The number of carbonyl (C=O) groups is 1. The van der Waals surface area contributed by atoms with E-state index in [9.17, 15) is 9.18 Å². The monoisotopic (exact) mass is 194 g/mol. The summed E-state index contributed by atoms with van der Waals surface area (Å²) in [5.74, 6) is -0.702. The summed E-state index contributed by atoms with van der Waals surface area (Å²) < 4.78 is 17.0. The zero-order valence-corrected chi connectivity index (χ0v) is 8.08. The highest BCUT2D eigenvalue weighted by molar-refractivity contribution is 5.90. The van der Waals surface area contributed by atoms with Crippen molar-refractivity contribution in [3.8, 4) is 0 Å². The maximum absolute atomic E-state index is 12.6. The second-order valence-electron chi connectivity index (χ2n) is 2.86. The van der Waals surface area contributed by atoms with Crippen LogP contribution in [-0.2, 0) is 9.53 Å². The van der Waals surface area contributed by atoms with Crippen molar-refractivity contribution in [3.63, 3.8) is 0 Å². The predicted octanol–water partition coefficient (Wildman–Crippen LogP) is 2.40. The Hall–Kier alpha value is -1.64. The number of esters is 1. The van der Waals surface area contributed by atoms with Gasteiger partial charge in [-0.3, -0.25) is 0 Å². The SMILES string of the molecule is COC(=O)/C=C(/C)c1ccc(F)cc1. The molecule has 0 bridgehead atoms. The van der Waals surface area contributed by atoms with Crippen LogP contribution in [0.3, 0.4) is 0 Å². The maximum atomic E-state index is 12.6. The molecule has 0 spiro atoms. The van der Waals surface area contributed by atoms with E-state index in [0.29, 0.717) is 0 Å². The van der Waals surface area contributed by atoms with Crippen molar-refractivity contribution in [2.45, 2.75) is 6.92 Å². The van der Waals surface area contributed by atoms with Gasteiger partial charge < -0.3 is 4.74 Å². The molecule has 0 heterocycles. The van der Waals surface area contributed by atoms with Crippen LogP contribution in [0.15, 0.2) is 30.3 Å². The molecule has 1 aromatic rings. The normalized spacial score (nSPS) is 11.2. The van der Waals surface area contributed by atoms with Crippen LogP contribution in [0.1, 0.15) is 12.5 Å². The van der Waals surface area contributed by atoms with Gasteiger partial charge in [-0.1, -0.05) is 12.1 Å². The zero-order chi connectivity index (χ0) is 10.6. The second-order valence-corrected chi connectivity index (χ2v) is 2.86. The first-order chi connectivity index (χ1) is 6.63. The summed E-state index contributed by atoms with van der Waals surface area (Å²) >= 11 is 0. The Bertz CT molecular complexity index is 352. The minimum atomic E-state index is -0.410. The number of ether oxygens (including phenoxy) is 1. The maximum Gasteiger partial charge on any atom is 0.330 e. The predicted molar refractivity (Wildman–Crippen MR) is 52.1 cm³/mol. The highest BCUT2D eigenvalue weighted by Gasteiger charge is 1.99. The molecule has 0 aliphatic heterocycles. The minimum absolute atomic E-state index is 0.292. The molecular formula is C11H11FO2. The summed E-state index contributed by atoms with van der Waals surface area (Å²) in [7, 11) is 1.32. The zero-order valence-electron chi connectivity index (χ0n) is 8.08. The Balaban J connectivity index is 2.89. The molecule has 2 nitrogen and oxygen atoms in total. The summed E-state index contributed by atoms with van der Waals surface area (Å²) in [6.45, 7) is 1.77. The van der Waals surface area contributed by atoms with Gasteiger partial charge in [-0.25, -0.2) is 9.18 Å². The van der Waals surface area contributed by atoms with Crippen molar-refractivity contribution in [2.75, 3.05) is 7.11 Å². The standard InChI is InChI=1S/C11H11FO2/c1-8(7-11(13)14-2)9-3-5-10(12)6-4-9/h3-7H,1-2H3/b8-7-. The summed E-state index contributed by atoms with van der Waals surface area (Å²) in [4.78, 5) is 10.9. The number of methoxy groups -OCH3 is 1. The number of hydrogen-bond donors (Lipinski definition) is 0. The van der Waals surface area contributed by atoms with E-state index in [1.807, 2.05) is 0 Å². The third-order valence-electron chi connectivity index (χ3n) is 1.84. The van der Waals surface area contributed by atoms with Gasteiger partial charge in [0.1, 0.15) is 5.82 Å². The molecule has 0 aliphatic carbocycles. The van der Waals surface area contributed by atoms with E-state index >= 15 is 0 Å². The smallest absolute Gasteiger partial charge is 0.330 e. The molecule has 0 N–H and O–H groups in total. The van der Waals surface area contributed by atoms with E-state index in [2.05, 4.69) is 4.74 Å². The molecule has 3 heteroatoms. The first-order valence-electron chi connectivity index (χ1n) is 4.15. The lowest BCUT2D eigenvalue weighted by atomic mass is 10.1. The van der Waals surface area contributed by atoms with Crippen molar-refractivity contribution in [1.82, 2.24) is 0 Å². The van der Waals surface area contributed by atoms with Crippen molar-refractivity contribution >= 4 is 11.5 Å². The summed E-state index contributed by atoms with van der Waals surface area (Å²) in [6, 6.07) is 5.93. The summed E-state index contributed by atoms with van der Waals surface area (Å²) in [6.07, 6.45) is 1.37. The molecule has 0 aromatic heterocycles. The van der Waals surface area contributed by atoms with Gasteiger partial charge in [-0.2, -0.15) is 0 Å². The van der Waals surface area contributed by atoms with E-state index in [4.69, 9.17) is 0 Å². The van der Waals surface area contributed by atoms with E-state index in [-0.39, 0.29) is 5.82 Å². The van der Waals surface area contributed by atoms with Crippen LogP contribution >= 0.6 is 0 Å². The summed E-state index contributed by atoms with van der Waals surface area (Å²) in [5, 5.41) is 0. The van der Waals surface area contributed by atoms with E-state index in [1.54, 1.807) is 19.1 Å².